The topological polar surface area (TPSA) is 63.3 Å². The lowest BCUT2D eigenvalue weighted by Gasteiger charge is -2.03. The Labute approximate surface area is 65.2 Å². The first-order valence-corrected chi connectivity index (χ1v) is 3.76. The van der Waals surface area contributed by atoms with Crippen LogP contribution in [0.5, 0.6) is 0 Å². The molecule has 0 aromatic heterocycles. The molecule has 4 heteroatoms. The Kier molecular flexibility index (Phi) is 5.35. The third-order valence-corrected chi connectivity index (χ3v) is 1.48. The summed E-state index contributed by atoms with van der Waals surface area (Å²) < 4.78 is 0. The largest absolute Gasteiger partial charge is 0.480 e. The second kappa shape index (κ2) is 5.50. The normalized spacial score (nSPS) is 13.0. The fourth-order valence-corrected chi connectivity index (χ4v) is 0.771. The van der Waals surface area contributed by atoms with E-state index in [0.717, 1.165) is 12.8 Å². The summed E-state index contributed by atoms with van der Waals surface area (Å²) >= 11 is 5.38. The van der Waals surface area contributed by atoms with Crippen LogP contribution in [-0.4, -0.2) is 23.0 Å². The van der Waals surface area contributed by atoms with Crippen LogP contribution in [-0.2, 0) is 4.79 Å². The fourth-order valence-electron chi connectivity index (χ4n) is 0.582. The number of aliphatic carboxylic acids is 1. The van der Waals surface area contributed by atoms with E-state index in [0.29, 0.717) is 12.3 Å². The van der Waals surface area contributed by atoms with Gasteiger partial charge in [-0.05, 0) is 12.8 Å². The van der Waals surface area contributed by atoms with Gasteiger partial charge < -0.3 is 10.8 Å². The van der Waals surface area contributed by atoms with Crippen LogP contribution in [0.1, 0.15) is 19.3 Å². The molecule has 0 saturated carbocycles. The molecule has 0 saturated heterocycles. The lowest BCUT2D eigenvalue weighted by molar-refractivity contribution is -0.138. The molecule has 0 radical (unpaired) electrons. The van der Waals surface area contributed by atoms with Gasteiger partial charge in [0.15, 0.2) is 0 Å². The number of alkyl halides is 1. The van der Waals surface area contributed by atoms with Gasteiger partial charge in [0.1, 0.15) is 6.04 Å². The van der Waals surface area contributed by atoms with Crippen molar-refractivity contribution in [1.82, 2.24) is 0 Å². The summed E-state index contributed by atoms with van der Waals surface area (Å²) in [5.74, 6) is -0.360. The SMILES string of the molecule is NC(CCCCCl)C(=O)O. The summed E-state index contributed by atoms with van der Waals surface area (Å²) in [6.45, 7) is 0. The van der Waals surface area contributed by atoms with Gasteiger partial charge in [-0.1, -0.05) is 6.42 Å². The Morgan fingerprint density at radius 1 is 1.60 bits per heavy atom. The summed E-state index contributed by atoms with van der Waals surface area (Å²) in [4.78, 5) is 10.1. The Balaban J connectivity index is 3.21. The fraction of sp³-hybridized carbons (Fsp3) is 0.833. The van der Waals surface area contributed by atoms with Gasteiger partial charge in [0.2, 0.25) is 0 Å². The maximum Gasteiger partial charge on any atom is 0.320 e. The van der Waals surface area contributed by atoms with Gasteiger partial charge in [0.05, 0.1) is 0 Å². The average molecular weight is 166 g/mol. The van der Waals surface area contributed by atoms with E-state index < -0.39 is 12.0 Å². The van der Waals surface area contributed by atoms with Gasteiger partial charge in [0, 0.05) is 5.88 Å². The quantitative estimate of drug-likeness (QED) is 0.468. The number of rotatable bonds is 5. The van der Waals surface area contributed by atoms with Crippen LogP contribution < -0.4 is 5.73 Å². The Bertz CT molecular complexity index is 108. The zero-order valence-electron chi connectivity index (χ0n) is 5.72. The van der Waals surface area contributed by atoms with E-state index in [1.165, 1.54) is 0 Å². The molecule has 0 spiro atoms. The summed E-state index contributed by atoms with van der Waals surface area (Å²) in [6, 6.07) is -0.719. The molecule has 60 valence electrons. The summed E-state index contributed by atoms with van der Waals surface area (Å²) in [5.41, 5.74) is 5.21. The minimum absolute atomic E-state index is 0.516. The predicted molar refractivity (Wildman–Crippen MR) is 40.2 cm³/mol. The molecule has 3 nitrogen and oxygen atoms in total. The standard InChI is InChI=1S/C6H12ClNO2/c7-4-2-1-3-5(8)6(9)10/h5H,1-4,8H2,(H,9,10). The van der Waals surface area contributed by atoms with Gasteiger partial charge in [-0.25, -0.2) is 0 Å². The molecule has 0 aromatic carbocycles. The number of hydrogen-bond donors (Lipinski definition) is 2. The molecule has 0 bridgehead atoms. The average Bonchev–Trinajstić information content (AvgIpc) is 1.88. The van der Waals surface area contributed by atoms with Crippen molar-refractivity contribution < 1.29 is 9.90 Å². The summed E-state index contributed by atoms with van der Waals surface area (Å²) in [6.07, 6.45) is 2.14. The van der Waals surface area contributed by atoms with Crippen LogP contribution in [0.2, 0.25) is 0 Å². The van der Waals surface area contributed by atoms with Gasteiger partial charge >= 0.3 is 5.97 Å². The van der Waals surface area contributed by atoms with Crippen molar-refractivity contribution in [3.8, 4) is 0 Å². The smallest absolute Gasteiger partial charge is 0.320 e. The van der Waals surface area contributed by atoms with Crippen molar-refractivity contribution in [1.29, 1.82) is 0 Å². The lowest BCUT2D eigenvalue weighted by Crippen LogP contribution is -2.29. The highest BCUT2D eigenvalue weighted by atomic mass is 35.5. The Hall–Kier alpha value is -0.280. The van der Waals surface area contributed by atoms with Gasteiger partial charge in [-0.2, -0.15) is 0 Å². The van der Waals surface area contributed by atoms with Crippen LogP contribution >= 0.6 is 11.6 Å². The minimum atomic E-state index is -0.936. The van der Waals surface area contributed by atoms with E-state index in [1.807, 2.05) is 0 Å². The number of carbonyl (C=O) groups is 1. The number of halogens is 1. The highest BCUT2D eigenvalue weighted by molar-refractivity contribution is 6.17. The molecule has 0 aliphatic carbocycles. The molecule has 0 fully saturated rings. The van der Waals surface area contributed by atoms with Crippen LogP contribution in [0.4, 0.5) is 0 Å². The highest BCUT2D eigenvalue weighted by Crippen LogP contribution is 1.99. The van der Waals surface area contributed by atoms with Gasteiger partial charge in [-0.3, -0.25) is 4.79 Å². The molecule has 0 aliphatic rings. The predicted octanol–water partition coefficient (Wildman–Crippen LogP) is 0.807. The Morgan fingerprint density at radius 3 is 2.60 bits per heavy atom. The Morgan fingerprint density at radius 2 is 2.20 bits per heavy atom. The first kappa shape index (κ1) is 9.72. The number of hydrogen-bond acceptors (Lipinski definition) is 2. The number of unbranched alkanes of at least 4 members (excludes halogenated alkanes) is 1. The lowest BCUT2D eigenvalue weighted by atomic mass is 10.1. The molecule has 0 heterocycles. The van der Waals surface area contributed by atoms with Crippen molar-refractivity contribution in [3.05, 3.63) is 0 Å². The number of nitrogens with two attached hydrogens (primary N) is 1. The molecular formula is C6H12ClNO2. The first-order chi connectivity index (χ1) is 4.68. The van der Waals surface area contributed by atoms with Gasteiger partial charge in [-0.15, -0.1) is 11.6 Å². The molecule has 1 unspecified atom stereocenters. The van der Waals surface area contributed by atoms with Gasteiger partial charge in [0.25, 0.3) is 0 Å². The van der Waals surface area contributed by atoms with Crippen molar-refractivity contribution in [3.63, 3.8) is 0 Å². The van der Waals surface area contributed by atoms with Crippen molar-refractivity contribution >= 4 is 17.6 Å². The van der Waals surface area contributed by atoms with E-state index in [2.05, 4.69) is 0 Å². The highest BCUT2D eigenvalue weighted by Gasteiger charge is 2.09. The van der Waals surface area contributed by atoms with Crippen LogP contribution in [0.3, 0.4) is 0 Å². The molecule has 0 aliphatic heterocycles. The molecule has 0 aromatic rings. The van der Waals surface area contributed by atoms with Crippen LogP contribution in [0.15, 0.2) is 0 Å². The minimum Gasteiger partial charge on any atom is -0.480 e. The van der Waals surface area contributed by atoms with E-state index in [4.69, 9.17) is 22.4 Å². The molecule has 0 amide bonds. The first-order valence-electron chi connectivity index (χ1n) is 3.23. The second-order valence-electron chi connectivity index (χ2n) is 2.13. The number of carboxylic acids is 1. The van der Waals surface area contributed by atoms with E-state index >= 15 is 0 Å². The van der Waals surface area contributed by atoms with E-state index in [9.17, 15) is 4.79 Å². The molecule has 3 N–H and O–H groups in total. The summed E-state index contributed by atoms with van der Waals surface area (Å²) in [5, 5.41) is 8.32. The van der Waals surface area contributed by atoms with E-state index in [-0.39, 0.29) is 0 Å². The molecule has 1 atom stereocenters. The van der Waals surface area contributed by atoms with Crippen molar-refractivity contribution in [2.45, 2.75) is 25.3 Å². The molecular weight excluding hydrogens is 154 g/mol. The summed E-state index contributed by atoms with van der Waals surface area (Å²) in [7, 11) is 0. The molecule has 0 rings (SSSR count). The van der Waals surface area contributed by atoms with Crippen molar-refractivity contribution in [2.75, 3.05) is 5.88 Å². The van der Waals surface area contributed by atoms with Crippen LogP contribution in [0.25, 0.3) is 0 Å². The number of carboxylic acid groups (broad SMARTS) is 1. The van der Waals surface area contributed by atoms with E-state index in [1.54, 1.807) is 0 Å². The zero-order chi connectivity index (χ0) is 7.98. The maximum absolute atomic E-state index is 10.1. The third-order valence-electron chi connectivity index (χ3n) is 1.22. The maximum atomic E-state index is 10.1. The third kappa shape index (κ3) is 4.58. The monoisotopic (exact) mass is 165 g/mol. The van der Waals surface area contributed by atoms with Crippen molar-refractivity contribution in [2.24, 2.45) is 5.73 Å². The second-order valence-corrected chi connectivity index (χ2v) is 2.51. The zero-order valence-corrected chi connectivity index (χ0v) is 6.47. The molecule has 10 heavy (non-hydrogen) atoms. The van der Waals surface area contributed by atoms with Crippen LogP contribution in [0, 0.1) is 0 Å².